The van der Waals surface area contributed by atoms with Crippen LogP contribution in [-0.2, 0) is 16.1 Å². The first-order valence-corrected chi connectivity index (χ1v) is 12.4. The number of urea groups is 1. The molecule has 0 aliphatic heterocycles. The standard InChI is InChI=1S/C26H29ClF2N6O4/c1-35(25(37)33-14-17-4-2-6-21(29)24(17)27)20(5-3-9-31-23(36)12-30)15-39-26(38)34-22-11-18-10-19(28)8-7-16(18)13-32-22/h2,4,6-8,10-11,13,20H,3,5,9,12,14-15,30H2,1H3,(H,31,36)(H,33,37)(H,32,34,38). The Morgan fingerprint density at radius 2 is 1.92 bits per heavy atom. The molecule has 0 saturated carbocycles. The molecule has 1 aromatic heterocycles. The van der Waals surface area contributed by atoms with Gasteiger partial charge in [0.1, 0.15) is 24.1 Å². The molecule has 0 spiro atoms. The van der Waals surface area contributed by atoms with Crippen molar-refractivity contribution in [1.82, 2.24) is 20.5 Å². The Morgan fingerprint density at radius 3 is 2.69 bits per heavy atom. The maximum Gasteiger partial charge on any atom is 0.412 e. The molecule has 4 amide bonds. The molecular weight excluding hydrogens is 534 g/mol. The van der Waals surface area contributed by atoms with Crippen LogP contribution >= 0.6 is 11.6 Å². The molecule has 1 heterocycles. The molecule has 1 atom stereocenters. The summed E-state index contributed by atoms with van der Waals surface area (Å²) >= 11 is 5.96. The third kappa shape index (κ3) is 8.76. The zero-order valence-electron chi connectivity index (χ0n) is 21.2. The van der Waals surface area contributed by atoms with Crippen molar-refractivity contribution in [2.24, 2.45) is 5.73 Å². The number of nitrogens with two attached hydrogens (primary N) is 1. The number of hydrogen-bond acceptors (Lipinski definition) is 6. The van der Waals surface area contributed by atoms with Crippen molar-refractivity contribution < 1.29 is 27.9 Å². The molecule has 0 radical (unpaired) electrons. The number of carbonyl (C=O) groups excluding carboxylic acids is 3. The molecule has 1 unspecified atom stereocenters. The van der Waals surface area contributed by atoms with Gasteiger partial charge in [-0.25, -0.2) is 23.4 Å². The zero-order chi connectivity index (χ0) is 28.4. The van der Waals surface area contributed by atoms with E-state index in [9.17, 15) is 23.2 Å². The van der Waals surface area contributed by atoms with Crippen LogP contribution in [0.15, 0.2) is 48.7 Å². The normalized spacial score (nSPS) is 11.5. The monoisotopic (exact) mass is 562 g/mol. The fourth-order valence-electron chi connectivity index (χ4n) is 3.67. The molecule has 10 nitrogen and oxygen atoms in total. The second-order valence-electron chi connectivity index (χ2n) is 8.62. The third-order valence-electron chi connectivity index (χ3n) is 5.87. The Balaban J connectivity index is 1.60. The molecular formula is C26H29ClF2N6O4. The average Bonchev–Trinajstić information content (AvgIpc) is 2.92. The summed E-state index contributed by atoms with van der Waals surface area (Å²) < 4.78 is 32.6. The van der Waals surface area contributed by atoms with E-state index in [-0.39, 0.29) is 36.4 Å². The number of halogens is 3. The summed E-state index contributed by atoms with van der Waals surface area (Å²) in [7, 11) is 1.52. The number of fused-ring (bicyclic) bond motifs is 1. The van der Waals surface area contributed by atoms with E-state index in [1.807, 2.05) is 0 Å². The van der Waals surface area contributed by atoms with Crippen molar-refractivity contribution in [3.8, 4) is 0 Å². The number of rotatable bonds is 11. The first kappa shape index (κ1) is 29.5. The summed E-state index contributed by atoms with van der Waals surface area (Å²) in [6.07, 6.45) is 1.51. The molecule has 3 rings (SSSR count). The Morgan fingerprint density at radius 1 is 1.13 bits per heavy atom. The van der Waals surface area contributed by atoms with Gasteiger partial charge in [0.2, 0.25) is 5.91 Å². The van der Waals surface area contributed by atoms with Crippen LogP contribution < -0.4 is 21.7 Å². The topological polar surface area (TPSA) is 139 Å². The molecule has 5 N–H and O–H groups in total. The number of amides is 4. The summed E-state index contributed by atoms with van der Waals surface area (Å²) in [6, 6.07) is 8.92. The Hall–Kier alpha value is -4.03. The molecule has 39 heavy (non-hydrogen) atoms. The van der Waals surface area contributed by atoms with Crippen LogP contribution in [0.25, 0.3) is 10.8 Å². The van der Waals surface area contributed by atoms with E-state index in [1.54, 1.807) is 12.1 Å². The highest BCUT2D eigenvalue weighted by atomic mass is 35.5. The molecule has 0 saturated heterocycles. The van der Waals surface area contributed by atoms with Gasteiger partial charge in [-0.2, -0.15) is 0 Å². The van der Waals surface area contributed by atoms with Gasteiger partial charge in [0.05, 0.1) is 17.6 Å². The first-order valence-electron chi connectivity index (χ1n) is 12.1. The van der Waals surface area contributed by atoms with E-state index in [0.29, 0.717) is 35.7 Å². The van der Waals surface area contributed by atoms with E-state index in [1.165, 1.54) is 48.5 Å². The van der Waals surface area contributed by atoms with Gasteiger partial charge < -0.3 is 26.0 Å². The number of aromatic nitrogens is 1. The number of nitrogens with zero attached hydrogens (tertiary/aromatic N) is 2. The van der Waals surface area contributed by atoms with Crippen LogP contribution in [0.3, 0.4) is 0 Å². The second kappa shape index (κ2) is 14.2. The molecule has 0 aliphatic rings. The lowest BCUT2D eigenvalue weighted by molar-refractivity contribution is -0.119. The van der Waals surface area contributed by atoms with Gasteiger partial charge in [0, 0.05) is 31.7 Å². The van der Waals surface area contributed by atoms with Crippen LogP contribution in [-0.4, -0.2) is 60.7 Å². The Bertz CT molecular complexity index is 1330. The van der Waals surface area contributed by atoms with Crippen LogP contribution in [0.2, 0.25) is 5.02 Å². The smallest absolute Gasteiger partial charge is 0.412 e. The molecule has 208 valence electrons. The van der Waals surface area contributed by atoms with Crippen molar-refractivity contribution >= 4 is 46.2 Å². The minimum atomic E-state index is -0.819. The zero-order valence-corrected chi connectivity index (χ0v) is 21.9. The van der Waals surface area contributed by atoms with E-state index in [0.717, 1.165) is 0 Å². The Labute approximate surface area is 228 Å². The second-order valence-corrected chi connectivity index (χ2v) is 9.00. The van der Waals surface area contributed by atoms with Gasteiger partial charge in [-0.1, -0.05) is 23.7 Å². The predicted molar refractivity (Wildman–Crippen MR) is 143 cm³/mol. The van der Waals surface area contributed by atoms with Crippen LogP contribution in [0.4, 0.5) is 24.2 Å². The average molecular weight is 563 g/mol. The van der Waals surface area contributed by atoms with Gasteiger partial charge in [-0.05, 0) is 54.1 Å². The number of anilines is 1. The van der Waals surface area contributed by atoms with E-state index >= 15 is 0 Å². The van der Waals surface area contributed by atoms with Crippen molar-refractivity contribution in [3.63, 3.8) is 0 Å². The first-order chi connectivity index (χ1) is 18.7. The summed E-state index contributed by atoms with van der Waals surface area (Å²) in [4.78, 5) is 42.2. The number of nitrogens with one attached hydrogen (secondary N) is 3. The third-order valence-corrected chi connectivity index (χ3v) is 6.30. The number of likely N-dealkylation sites (N-methyl/N-ethyl adjacent to an activating group) is 1. The molecule has 13 heteroatoms. The fraction of sp³-hybridized carbons (Fsp3) is 0.308. The molecule has 0 bridgehead atoms. The fourth-order valence-corrected chi connectivity index (χ4v) is 3.86. The summed E-state index contributed by atoms with van der Waals surface area (Å²) in [5.74, 6) is -1.17. The van der Waals surface area contributed by atoms with Gasteiger partial charge in [0.15, 0.2) is 0 Å². The maximum atomic E-state index is 13.7. The molecule has 0 fully saturated rings. The number of benzene rings is 2. The summed E-state index contributed by atoms with van der Waals surface area (Å²) in [6.45, 7) is -0.0318. The summed E-state index contributed by atoms with van der Waals surface area (Å²) in [5, 5.41) is 8.96. The lowest BCUT2D eigenvalue weighted by Gasteiger charge is -2.28. The number of ether oxygens (including phenoxy) is 1. The highest BCUT2D eigenvalue weighted by molar-refractivity contribution is 6.31. The van der Waals surface area contributed by atoms with Crippen LogP contribution in [0, 0.1) is 11.6 Å². The van der Waals surface area contributed by atoms with Crippen LogP contribution in [0.5, 0.6) is 0 Å². The molecule has 0 aliphatic carbocycles. The van der Waals surface area contributed by atoms with Crippen molar-refractivity contribution in [2.45, 2.75) is 25.4 Å². The van der Waals surface area contributed by atoms with Crippen molar-refractivity contribution in [1.29, 1.82) is 0 Å². The highest BCUT2D eigenvalue weighted by Crippen LogP contribution is 2.20. The van der Waals surface area contributed by atoms with Crippen molar-refractivity contribution in [2.75, 3.05) is 32.1 Å². The van der Waals surface area contributed by atoms with E-state index < -0.39 is 29.8 Å². The minimum Gasteiger partial charge on any atom is -0.447 e. The Kier molecular flexibility index (Phi) is 10.8. The lowest BCUT2D eigenvalue weighted by atomic mass is 10.1. The van der Waals surface area contributed by atoms with Gasteiger partial charge in [0.25, 0.3) is 0 Å². The van der Waals surface area contributed by atoms with E-state index in [2.05, 4.69) is 20.9 Å². The maximum absolute atomic E-state index is 13.7. The summed E-state index contributed by atoms with van der Waals surface area (Å²) in [5.41, 5.74) is 5.69. The highest BCUT2D eigenvalue weighted by Gasteiger charge is 2.22. The van der Waals surface area contributed by atoms with E-state index in [4.69, 9.17) is 22.1 Å². The van der Waals surface area contributed by atoms with Crippen molar-refractivity contribution in [3.05, 3.63) is 70.9 Å². The molecule has 3 aromatic rings. The molecule has 2 aromatic carbocycles. The number of hydrogen-bond donors (Lipinski definition) is 4. The predicted octanol–water partition coefficient (Wildman–Crippen LogP) is 3.78. The largest absolute Gasteiger partial charge is 0.447 e. The van der Waals surface area contributed by atoms with Gasteiger partial charge >= 0.3 is 12.1 Å². The quantitative estimate of drug-likeness (QED) is 0.262. The van der Waals surface area contributed by atoms with Gasteiger partial charge in [-0.15, -0.1) is 0 Å². The number of pyridine rings is 1. The number of carbonyl (C=O) groups is 3. The minimum absolute atomic E-state index is 0.0192. The lowest BCUT2D eigenvalue weighted by Crippen LogP contribution is -2.46. The van der Waals surface area contributed by atoms with Crippen LogP contribution in [0.1, 0.15) is 18.4 Å². The SMILES string of the molecule is CN(C(=O)NCc1cccc(F)c1Cl)C(CCCNC(=O)CN)COC(=O)Nc1cc2cc(F)ccc2cn1. The van der Waals surface area contributed by atoms with Gasteiger partial charge in [-0.3, -0.25) is 10.1 Å².